The minimum absolute atomic E-state index is 0.170. The van der Waals surface area contributed by atoms with Crippen molar-refractivity contribution < 1.29 is 5.11 Å². The van der Waals surface area contributed by atoms with Crippen molar-refractivity contribution in [3.05, 3.63) is 12.5 Å². The van der Waals surface area contributed by atoms with Crippen LogP contribution in [-0.4, -0.2) is 44.5 Å². The second kappa shape index (κ2) is 3.16. The molecule has 3 heterocycles. The molecule has 0 saturated carbocycles. The first-order valence-corrected chi connectivity index (χ1v) is 4.91. The fraction of sp³-hybridized carbons (Fsp3) is 0.444. The van der Waals surface area contributed by atoms with Gasteiger partial charge >= 0.3 is 0 Å². The van der Waals surface area contributed by atoms with Gasteiger partial charge in [0.1, 0.15) is 12.1 Å². The highest BCUT2D eigenvalue weighted by atomic mass is 16.3. The van der Waals surface area contributed by atoms with E-state index >= 15 is 0 Å². The maximum Gasteiger partial charge on any atom is 0.160 e. The quantitative estimate of drug-likeness (QED) is 0.717. The van der Waals surface area contributed by atoms with Crippen LogP contribution in [0.1, 0.15) is 6.42 Å². The lowest BCUT2D eigenvalue weighted by atomic mass is 10.0. The van der Waals surface area contributed by atoms with Gasteiger partial charge in [-0.05, 0) is 6.42 Å². The molecule has 0 aromatic carbocycles. The number of nitrogens with one attached hydrogen (secondary N) is 1. The van der Waals surface area contributed by atoms with E-state index in [4.69, 9.17) is 5.11 Å². The molecular formula is C9H11N5O. The maximum absolute atomic E-state index is 9.13. The number of fused-ring (bicyclic) bond motifs is 1. The van der Waals surface area contributed by atoms with E-state index in [-0.39, 0.29) is 12.6 Å². The topological polar surface area (TPSA) is 77.9 Å². The van der Waals surface area contributed by atoms with Crippen molar-refractivity contribution in [1.82, 2.24) is 20.2 Å². The number of nitrogens with zero attached hydrogens (tertiary/aromatic N) is 4. The molecule has 1 atom stereocenters. The molecule has 2 aromatic rings. The maximum atomic E-state index is 9.13. The van der Waals surface area contributed by atoms with E-state index in [0.717, 1.165) is 29.8 Å². The molecule has 1 aliphatic rings. The van der Waals surface area contributed by atoms with Gasteiger partial charge in [-0.3, -0.25) is 5.10 Å². The minimum atomic E-state index is 0.170. The Hall–Kier alpha value is -1.69. The van der Waals surface area contributed by atoms with E-state index in [0.29, 0.717) is 0 Å². The Bertz CT molecular complexity index is 480. The van der Waals surface area contributed by atoms with Gasteiger partial charge in [0.15, 0.2) is 5.65 Å². The highest BCUT2D eigenvalue weighted by Gasteiger charge is 2.29. The zero-order valence-electron chi connectivity index (χ0n) is 8.09. The van der Waals surface area contributed by atoms with E-state index in [1.54, 1.807) is 6.20 Å². The van der Waals surface area contributed by atoms with Gasteiger partial charge in [0.2, 0.25) is 0 Å². The van der Waals surface area contributed by atoms with Crippen LogP contribution in [0.5, 0.6) is 0 Å². The lowest BCUT2D eigenvalue weighted by Gasteiger charge is -2.40. The monoisotopic (exact) mass is 205 g/mol. The van der Waals surface area contributed by atoms with Crippen LogP contribution in [0.15, 0.2) is 12.5 Å². The summed E-state index contributed by atoms with van der Waals surface area (Å²) in [6.45, 7) is 1.10. The van der Waals surface area contributed by atoms with Crippen LogP contribution in [-0.2, 0) is 0 Å². The predicted molar refractivity (Wildman–Crippen MR) is 54.5 cm³/mol. The molecule has 6 nitrogen and oxygen atoms in total. The summed E-state index contributed by atoms with van der Waals surface area (Å²) >= 11 is 0. The fourth-order valence-corrected chi connectivity index (χ4v) is 1.89. The molecule has 0 bridgehead atoms. The van der Waals surface area contributed by atoms with Crippen LogP contribution >= 0.6 is 0 Å². The number of aliphatic hydroxyl groups excluding tert-OH is 1. The molecular weight excluding hydrogens is 194 g/mol. The molecule has 2 aromatic heterocycles. The van der Waals surface area contributed by atoms with E-state index < -0.39 is 0 Å². The first-order valence-electron chi connectivity index (χ1n) is 4.91. The van der Waals surface area contributed by atoms with Crippen molar-refractivity contribution in [1.29, 1.82) is 0 Å². The number of H-pyrrole nitrogens is 1. The van der Waals surface area contributed by atoms with Gasteiger partial charge in [0.25, 0.3) is 0 Å². The van der Waals surface area contributed by atoms with Crippen LogP contribution in [0.2, 0.25) is 0 Å². The Morgan fingerprint density at radius 3 is 3.20 bits per heavy atom. The van der Waals surface area contributed by atoms with Gasteiger partial charge in [-0.25, -0.2) is 9.97 Å². The molecule has 1 unspecified atom stereocenters. The molecule has 0 spiro atoms. The molecule has 0 amide bonds. The van der Waals surface area contributed by atoms with Crippen LogP contribution in [0, 0.1) is 0 Å². The number of aromatic nitrogens is 4. The van der Waals surface area contributed by atoms with Crippen molar-refractivity contribution >= 4 is 16.9 Å². The zero-order valence-corrected chi connectivity index (χ0v) is 8.09. The molecule has 1 saturated heterocycles. The van der Waals surface area contributed by atoms with Crippen LogP contribution in [0.25, 0.3) is 11.0 Å². The Labute approximate surface area is 86.0 Å². The number of hydrogen-bond donors (Lipinski definition) is 2. The minimum Gasteiger partial charge on any atom is -0.394 e. The van der Waals surface area contributed by atoms with Crippen molar-refractivity contribution in [2.24, 2.45) is 0 Å². The van der Waals surface area contributed by atoms with Crippen LogP contribution < -0.4 is 4.90 Å². The summed E-state index contributed by atoms with van der Waals surface area (Å²) in [4.78, 5) is 10.4. The number of aliphatic hydroxyl groups is 1. The van der Waals surface area contributed by atoms with E-state index in [9.17, 15) is 0 Å². The molecule has 15 heavy (non-hydrogen) atoms. The summed E-state index contributed by atoms with van der Waals surface area (Å²) in [5.74, 6) is 0.860. The average Bonchev–Trinajstić information content (AvgIpc) is 2.65. The molecule has 1 fully saturated rings. The Morgan fingerprint density at radius 2 is 2.47 bits per heavy atom. The second-order valence-corrected chi connectivity index (χ2v) is 3.65. The molecule has 6 heteroatoms. The fourth-order valence-electron chi connectivity index (χ4n) is 1.89. The van der Waals surface area contributed by atoms with E-state index in [1.807, 2.05) is 0 Å². The predicted octanol–water partition coefficient (Wildman–Crippen LogP) is -0.0761. The van der Waals surface area contributed by atoms with E-state index in [2.05, 4.69) is 25.1 Å². The Balaban J connectivity index is 2.06. The van der Waals surface area contributed by atoms with Crippen molar-refractivity contribution in [2.75, 3.05) is 18.1 Å². The largest absolute Gasteiger partial charge is 0.394 e. The second-order valence-electron chi connectivity index (χ2n) is 3.65. The summed E-state index contributed by atoms with van der Waals surface area (Å²) in [5, 5.41) is 16.8. The van der Waals surface area contributed by atoms with Gasteiger partial charge in [-0.15, -0.1) is 0 Å². The van der Waals surface area contributed by atoms with Crippen LogP contribution in [0.3, 0.4) is 0 Å². The van der Waals surface area contributed by atoms with Crippen LogP contribution in [0.4, 0.5) is 5.82 Å². The number of anilines is 1. The third-order valence-electron chi connectivity index (χ3n) is 2.85. The third-order valence-corrected chi connectivity index (χ3v) is 2.85. The molecule has 78 valence electrons. The summed E-state index contributed by atoms with van der Waals surface area (Å²) < 4.78 is 0. The third kappa shape index (κ3) is 1.18. The van der Waals surface area contributed by atoms with Crippen molar-refractivity contribution in [2.45, 2.75) is 12.5 Å². The molecule has 2 N–H and O–H groups in total. The summed E-state index contributed by atoms with van der Waals surface area (Å²) in [7, 11) is 0. The molecule has 1 aliphatic heterocycles. The lowest BCUT2D eigenvalue weighted by molar-refractivity contribution is 0.226. The van der Waals surface area contributed by atoms with Gasteiger partial charge < -0.3 is 10.0 Å². The smallest absolute Gasteiger partial charge is 0.160 e. The molecule has 0 aliphatic carbocycles. The number of aromatic amines is 1. The first-order chi connectivity index (χ1) is 7.40. The summed E-state index contributed by atoms with van der Waals surface area (Å²) in [5.41, 5.74) is 0.739. The molecule has 3 rings (SSSR count). The Kier molecular flexibility index (Phi) is 1.81. The Morgan fingerprint density at radius 1 is 1.53 bits per heavy atom. The number of hydrogen-bond acceptors (Lipinski definition) is 5. The van der Waals surface area contributed by atoms with Crippen molar-refractivity contribution in [3.8, 4) is 0 Å². The first kappa shape index (κ1) is 8.60. The highest BCUT2D eigenvalue weighted by Crippen LogP contribution is 2.28. The summed E-state index contributed by atoms with van der Waals surface area (Å²) in [6, 6.07) is 0.193. The SMILES string of the molecule is OCC1CCN1c1ncnc2[nH]ncc12. The van der Waals surface area contributed by atoms with Gasteiger partial charge in [-0.1, -0.05) is 0 Å². The normalized spacial score (nSPS) is 20.6. The van der Waals surface area contributed by atoms with Gasteiger partial charge in [0.05, 0.1) is 24.2 Å². The lowest BCUT2D eigenvalue weighted by Crippen LogP contribution is -2.50. The van der Waals surface area contributed by atoms with Gasteiger partial charge in [0, 0.05) is 6.54 Å². The standard InChI is InChI=1S/C9H11N5O/c15-4-6-1-2-14(6)9-7-3-12-13-8(7)10-5-11-9/h3,5-6,15H,1-2,4H2,(H,10,11,12,13). The zero-order chi connectivity index (χ0) is 10.3. The van der Waals surface area contributed by atoms with Crippen molar-refractivity contribution in [3.63, 3.8) is 0 Å². The molecule has 0 radical (unpaired) electrons. The average molecular weight is 205 g/mol. The summed E-state index contributed by atoms with van der Waals surface area (Å²) in [6.07, 6.45) is 4.25. The van der Waals surface area contributed by atoms with E-state index in [1.165, 1.54) is 6.33 Å². The number of rotatable bonds is 2. The van der Waals surface area contributed by atoms with Gasteiger partial charge in [-0.2, -0.15) is 5.10 Å². The highest BCUT2D eigenvalue weighted by molar-refractivity contribution is 5.86.